The lowest BCUT2D eigenvalue weighted by atomic mass is 10.3. The lowest BCUT2D eigenvalue weighted by Gasteiger charge is -2.20. The summed E-state index contributed by atoms with van der Waals surface area (Å²) in [6.07, 6.45) is 0. The number of nitrogen functional groups attached to an aromatic ring is 1. The molecule has 0 radical (unpaired) electrons. The van der Waals surface area contributed by atoms with E-state index in [9.17, 15) is 8.42 Å². The van der Waals surface area contributed by atoms with E-state index in [4.69, 9.17) is 5.73 Å². The molecule has 1 aromatic carbocycles. The van der Waals surface area contributed by atoms with Gasteiger partial charge in [0.05, 0.1) is 0 Å². The van der Waals surface area contributed by atoms with Crippen LogP contribution in [0.1, 0.15) is 13.8 Å². The minimum Gasteiger partial charge on any atom is -0.399 e. The topological polar surface area (TPSA) is 63.4 Å². The van der Waals surface area contributed by atoms with Gasteiger partial charge >= 0.3 is 0 Å². The van der Waals surface area contributed by atoms with Crippen molar-refractivity contribution >= 4 is 47.6 Å². The molecule has 2 N–H and O–H groups in total. The van der Waals surface area contributed by atoms with E-state index in [0.29, 0.717) is 27.7 Å². The van der Waals surface area contributed by atoms with Crippen molar-refractivity contribution in [2.75, 3.05) is 18.8 Å². The first-order valence-corrected chi connectivity index (χ1v) is 8.11. The largest absolute Gasteiger partial charge is 0.399 e. The fraction of sp³-hybridized carbons (Fsp3) is 0.400. The average Bonchev–Trinajstić information content (AvgIpc) is 2.16. The first kappa shape index (κ1) is 14.9. The lowest BCUT2D eigenvalue weighted by molar-refractivity contribution is 0.444. The summed E-state index contributed by atoms with van der Waals surface area (Å²) in [4.78, 5) is 0.218. The van der Waals surface area contributed by atoms with Crippen LogP contribution in [0.4, 0.5) is 5.69 Å². The number of nitrogens with two attached hydrogens (primary N) is 1. The van der Waals surface area contributed by atoms with Crippen molar-refractivity contribution in [2.45, 2.75) is 18.7 Å². The summed E-state index contributed by atoms with van der Waals surface area (Å²) >= 11 is 6.49. The van der Waals surface area contributed by atoms with E-state index in [1.54, 1.807) is 26.0 Å². The Hall–Kier alpha value is -0.110. The second-order valence-corrected chi connectivity index (χ2v) is 6.99. The SMILES string of the molecule is CCN(CC)S(=O)(=O)c1c(Br)cc(N)cc1Br. The third-order valence-corrected chi connectivity index (χ3v) is 6.25. The number of halogens is 2. The molecule has 0 unspecified atom stereocenters. The molecular formula is C10H14Br2N2O2S. The summed E-state index contributed by atoms with van der Waals surface area (Å²) in [5.41, 5.74) is 6.15. The van der Waals surface area contributed by atoms with Crippen LogP contribution in [0.3, 0.4) is 0 Å². The second kappa shape index (κ2) is 5.69. The van der Waals surface area contributed by atoms with Gasteiger partial charge in [-0.25, -0.2) is 8.42 Å². The molecule has 0 saturated heterocycles. The fourth-order valence-electron chi connectivity index (χ4n) is 1.52. The van der Waals surface area contributed by atoms with Crippen molar-refractivity contribution < 1.29 is 8.42 Å². The van der Waals surface area contributed by atoms with Gasteiger partial charge in [-0.2, -0.15) is 4.31 Å². The van der Waals surface area contributed by atoms with Gasteiger partial charge in [0.15, 0.2) is 0 Å². The third kappa shape index (κ3) is 3.01. The zero-order valence-corrected chi connectivity index (χ0v) is 13.6. The Morgan fingerprint density at radius 3 is 1.94 bits per heavy atom. The summed E-state index contributed by atoms with van der Waals surface area (Å²) in [7, 11) is -3.50. The number of anilines is 1. The molecule has 0 aliphatic carbocycles. The zero-order chi connectivity index (χ0) is 13.2. The van der Waals surface area contributed by atoms with Crippen molar-refractivity contribution in [1.82, 2.24) is 4.31 Å². The normalized spacial score (nSPS) is 12.1. The van der Waals surface area contributed by atoms with Crippen LogP contribution in [0.15, 0.2) is 26.0 Å². The van der Waals surface area contributed by atoms with Crippen LogP contribution >= 0.6 is 31.9 Å². The third-order valence-electron chi connectivity index (χ3n) is 2.32. The van der Waals surface area contributed by atoms with Crippen LogP contribution in [0.25, 0.3) is 0 Å². The minimum absolute atomic E-state index is 0.218. The highest BCUT2D eigenvalue weighted by Gasteiger charge is 2.26. The van der Waals surface area contributed by atoms with E-state index in [1.165, 1.54) is 4.31 Å². The molecule has 1 rings (SSSR count). The highest BCUT2D eigenvalue weighted by Crippen LogP contribution is 2.34. The van der Waals surface area contributed by atoms with Crippen LogP contribution in [-0.4, -0.2) is 25.8 Å². The second-order valence-electron chi connectivity index (χ2n) is 3.40. The van der Waals surface area contributed by atoms with Crippen molar-refractivity contribution in [2.24, 2.45) is 0 Å². The van der Waals surface area contributed by atoms with Crippen molar-refractivity contribution in [3.8, 4) is 0 Å². The van der Waals surface area contributed by atoms with Gasteiger partial charge in [0, 0.05) is 27.7 Å². The molecular weight excluding hydrogens is 372 g/mol. The summed E-state index contributed by atoms with van der Waals surface area (Å²) in [6.45, 7) is 4.48. The monoisotopic (exact) mass is 384 g/mol. The molecule has 0 aliphatic rings. The van der Waals surface area contributed by atoms with Crippen LogP contribution < -0.4 is 5.73 Å². The first-order valence-electron chi connectivity index (χ1n) is 5.09. The van der Waals surface area contributed by atoms with Crippen LogP contribution in [-0.2, 0) is 10.0 Å². The fourth-order valence-corrected chi connectivity index (χ4v) is 5.52. The van der Waals surface area contributed by atoms with Gasteiger partial charge in [-0.3, -0.25) is 0 Å². The summed E-state index contributed by atoms with van der Waals surface area (Å²) in [5.74, 6) is 0. The molecule has 0 heterocycles. The van der Waals surface area contributed by atoms with E-state index in [0.717, 1.165) is 0 Å². The highest BCUT2D eigenvalue weighted by molar-refractivity contribution is 9.11. The maximum absolute atomic E-state index is 12.4. The van der Waals surface area contributed by atoms with Crippen molar-refractivity contribution in [3.05, 3.63) is 21.1 Å². The zero-order valence-electron chi connectivity index (χ0n) is 9.57. The maximum atomic E-state index is 12.4. The van der Waals surface area contributed by atoms with E-state index in [-0.39, 0.29) is 4.90 Å². The van der Waals surface area contributed by atoms with Crippen molar-refractivity contribution in [1.29, 1.82) is 0 Å². The molecule has 0 atom stereocenters. The Balaban J connectivity index is 3.44. The Kier molecular flexibility index (Phi) is 5.00. The summed E-state index contributed by atoms with van der Waals surface area (Å²) in [6, 6.07) is 3.17. The van der Waals surface area contributed by atoms with Gasteiger partial charge in [0.1, 0.15) is 4.90 Å². The van der Waals surface area contributed by atoms with Gasteiger partial charge in [0.2, 0.25) is 10.0 Å². The van der Waals surface area contributed by atoms with E-state index in [1.807, 2.05) is 0 Å². The molecule has 0 aliphatic heterocycles. The molecule has 0 saturated carbocycles. The molecule has 4 nitrogen and oxygen atoms in total. The molecule has 1 aromatic rings. The number of hydrogen-bond donors (Lipinski definition) is 1. The maximum Gasteiger partial charge on any atom is 0.245 e. The Morgan fingerprint density at radius 2 is 1.59 bits per heavy atom. The quantitative estimate of drug-likeness (QED) is 0.810. The molecule has 0 amide bonds. The number of nitrogens with zero attached hydrogens (tertiary/aromatic N) is 1. The molecule has 17 heavy (non-hydrogen) atoms. The molecule has 96 valence electrons. The van der Waals surface area contributed by atoms with E-state index in [2.05, 4.69) is 31.9 Å². The van der Waals surface area contributed by atoms with E-state index >= 15 is 0 Å². The van der Waals surface area contributed by atoms with Crippen LogP contribution in [0.5, 0.6) is 0 Å². The summed E-state index contributed by atoms with van der Waals surface area (Å²) in [5, 5.41) is 0. The molecule has 0 fully saturated rings. The lowest BCUT2D eigenvalue weighted by Crippen LogP contribution is -2.31. The van der Waals surface area contributed by atoms with Gasteiger partial charge in [0.25, 0.3) is 0 Å². The van der Waals surface area contributed by atoms with Gasteiger partial charge < -0.3 is 5.73 Å². The number of sulfonamides is 1. The Bertz CT molecular complexity index is 490. The van der Waals surface area contributed by atoms with Gasteiger partial charge in [-0.1, -0.05) is 13.8 Å². The van der Waals surface area contributed by atoms with Gasteiger partial charge in [-0.15, -0.1) is 0 Å². The highest BCUT2D eigenvalue weighted by atomic mass is 79.9. The molecule has 7 heteroatoms. The standard InChI is InChI=1S/C10H14Br2N2O2S/c1-3-14(4-2)17(15,16)10-8(11)5-7(13)6-9(10)12/h5-6H,3-4,13H2,1-2H3. The molecule has 0 spiro atoms. The number of hydrogen-bond acceptors (Lipinski definition) is 3. The van der Waals surface area contributed by atoms with E-state index < -0.39 is 10.0 Å². The smallest absolute Gasteiger partial charge is 0.245 e. The molecule has 0 aromatic heterocycles. The Labute approximate surface area is 118 Å². The summed E-state index contributed by atoms with van der Waals surface area (Å²) < 4.78 is 27.1. The predicted octanol–water partition coefficient (Wildman–Crippen LogP) is 2.82. The molecule has 0 bridgehead atoms. The number of benzene rings is 1. The average molecular weight is 386 g/mol. The van der Waals surface area contributed by atoms with Crippen LogP contribution in [0.2, 0.25) is 0 Å². The Morgan fingerprint density at radius 1 is 1.18 bits per heavy atom. The van der Waals surface area contributed by atoms with Crippen molar-refractivity contribution in [3.63, 3.8) is 0 Å². The van der Waals surface area contributed by atoms with Gasteiger partial charge in [-0.05, 0) is 44.0 Å². The number of rotatable bonds is 4. The first-order chi connectivity index (χ1) is 7.84. The predicted molar refractivity (Wildman–Crippen MR) is 76.4 cm³/mol. The van der Waals surface area contributed by atoms with Crippen LogP contribution in [0, 0.1) is 0 Å². The minimum atomic E-state index is -3.50.